The Morgan fingerprint density at radius 3 is 1.07 bits per heavy atom. The maximum Gasteiger partial charge on any atom is 0.227 e. The smallest absolute Gasteiger partial charge is 0.227 e. The van der Waals surface area contributed by atoms with E-state index in [4.69, 9.17) is 22.1 Å². The van der Waals surface area contributed by atoms with Crippen molar-refractivity contribution in [3.8, 4) is 55.6 Å². The third kappa shape index (κ3) is 15.1. The Morgan fingerprint density at radius 2 is 0.591 bits per heavy atom. The van der Waals surface area contributed by atoms with Crippen molar-refractivity contribution in [2.24, 2.45) is 0 Å². The van der Waals surface area contributed by atoms with Crippen LogP contribution in [-0.2, 0) is 0 Å². The molecule has 0 amide bonds. The molecular weight excluding hydrogens is 1410 g/mol. The summed E-state index contributed by atoms with van der Waals surface area (Å²) in [4.78, 5) is 22.6. The molecule has 570 valence electrons. The molecule has 10 heterocycles. The van der Waals surface area contributed by atoms with Gasteiger partial charge in [-0.1, -0.05) is 297 Å². The number of pyridine rings is 5. The van der Waals surface area contributed by atoms with Crippen LogP contribution in [0.25, 0.3) is 166 Å². The second kappa shape index (κ2) is 32.2. The molecule has 0 bridgehead atoms. The lowest BCUT2D eigenvalue weighted by Gasteiger charge is -2.04. The molecule has 0 radical (unpaired) electrons. The van der Waals surface area contributed by atoms with Crippen LogP contribution in [0.3, 0.4) is 0 Å². The Labute approximate surface area is 671 Å². The molecule has 0 spiro atoms. The maximum absolute atomic E-state index is 6.32. The van der Waals surface area contributed by atoms with Crippen LogP contribution in [0.15, 0.2) is 296 Å². The van der Waals surface area contributed by atoms with Gasteiger partial charge in [0, 0.05) is 119 Å². The van der Waals surface area contributed by atoms with Gasteiger partial charge in [-0.2, -0.15) is 0 Å². The van der Waals surface area contributed by atoms with Gasteiger partial charge in [-0.25, -0.2) is 4.98 Å². The highest BCUT2D eigenvalue weighted by atomic mass is 16.3. The van der Waals surface area contributed by atoms with Gasteiger partial charge in [-0.3, -0.25) is 19.9 Å². The molecule has 0 fully saturated rings. The highest BCUT2D eigenvalue weighted by Crippen LogP contribution is 2.44. The van der Waals surface area contributed by atoms with E-state index < -0.39 is 0 Å². The number of aryl methyl sites for hydroxylation is 5. The number of furan rings is 5. The Balaban J connectivity index is 0.000000108. The highest BCUT2D eigenvalue weighted by Gasteiger charge is 2.23. The predicted octanol–water partition coefficient (Wildman–Crippen LogP) is 30.4. The van der Waals surface area contributed by atoms with Crippen LogP contribution in [0, 0.1) is 34.6 Å². The number of hydrogen-bond donors (Lipinski definition) is 0. The number of para-hydroxylation sites is 5. The van der Waals surface area contributed by atoms with Gasteiger partial charge in [0.1, 0.15) is 44.5 Å². The summed E-state index contributed by atoms with van der Waals surface area (Å²) in [7, 11) is 0. The van der Waals surface area contributed by atoms with E-state index in [1.165, 1.54) is 66.8 Å². The number of nitrogens with zero attached hydrogens (tertiary/aromatic N) is 5. The third-order valence-electron chi connectivity index (χ3n) is 22.0. The summed E-state index contributed by atoms with van der Waals surface area (Å²) < 4.78 is 31.3. The van der Waals surface area contributed by atoms with E-state index in [1.807, 2.05) is 49.3 Å². The molecule has 20 rings (SSSR count). The van der Waals surface area contributed by atoms with Gasteiger partial charge >= 0.3 is 0 Å². The highest BCUT2D eigenvalue weighted by molar-refractivity contribution is 6.13. The molecule has 0 aliphatic carbocycles. The Kier molecular flexibility index (Phi) is 21.3. The zero-order valence-corrected chi connectivity index (χ0v) is 68.1. The first kappa shape index (κ1) is 76.0. The fourth-order valence-corrected chi connectivity index (χ4v) is 15.4. The number of aromatic nitrogens is 5. The van der Waals surface area contributed by atoms with Crippen LogP contribution < -0.4 is 0 Å². The van der Waals surface area contributed by atoms with Crippen molar-refractivity contribution in [2.75, 3.05) is 0 Å². The van der Waals surface area contributed by atoms with Crippen molar-refractivity contribution in [3.63, 3.8) is 0 Å². The molecule has 10 aromatic carbocycles. The molecule has 0 aliphatic heterocycles. The minimum atomic E-state index is 0.335. The van der Waals surface area contributed by atoms with E-state index in [2.05, 4.69) is 353 Å². The van der Waals surface area contributed by atoms with Crippen LogP contribution in [0.1, 0.15) is 155 Å². The Morgan fingerprint density at radius 1 is 0.235 bits per heavy atom. The van der Waals surface area contributed by atoms with E-state index >= 15 is 0 Å². The zero-order chi connectivity index (χ0) is 79.9. The first-order valence-electron chi connectivity index (χ1n) is 40.1. The van der Waals surface area contributed by atoms with Gasteiger partial charge in [0.25, 0.3) is 0 Å². The summed E-state index contributed by atoms with van der Waals surface area (Å²) in [5.41, 5.74) is 34.6. The van der Waals surface area contributed by atoms with Crippen molar-refractivity contribution >= 4 is 110 Å². The molecule has 0 N–H and O–H groups in total. The molecular formula is C105H95N5O5. The summed E-state index contributed by atoms with van der Waals surface area (Å²) in [5.74, 6) is 2.00. The average molecular weight is 1510 g/mol. The predicted molar refractivity (Wildman–Crippen MR) is 479 cm³/mol. The molecule has 10 aromatic heterocycles. The van der Waals surface area contributed by atoms with Gasteiger partial charge < -0.3 is 22.1 Å². The maximum atomic E-state index is 6.32. The molecule has 0 saturated heterocycles. The minimum absolute atomic E-state index is 0.335. The Bertz CT molecular complexity index is 6220. The van der Waals surface area contributed by atoms with Crippen LogP contribution in [0.4, 0.5) is 0 Å². The molecule has 10 nitrogen and oxygen atoms in total. The normalized spacial score (nSPS) is 11.7. The standard InChI is InChI=1S/5C21H19NO/c1-13(2)16-11-19-18-6-4-5-17(15-9-7-14(3)8-10-15)20(18)23-21(19)22-12-16;1-13(2)18-11-22-12-19-17-6-4-5-16(20(17)23-21(18)19)15-9-7-14(3)8-10-15;1-13(2)16-11-12-22-19-18-6-4-5-17(20(18)23-21(16)19)15-9-7-14(3)8-10-15;1-13(2)19-21-18(11-12-22-19)17-6-4-5-16(20(17)23-21)15-9-7-14(3)8-10-15;1-13(2)16-5-4-6-18-19-21(23-20(16)18)17(11-12-22-19)15-9-7-14(3)8-10-15/h5*4-13H,1-3H3. The first-order chi connectivity index (χ1) is 55.7. The second-order valence-electron chi connectivity index (χ2n) is 32.0. The SMILES string of the molecule is Cc1ccc(-c2cccc3c2oc2c(C(C)C)ccnc23)cc1.Cc1ccc(-c2cccc3c2oc2c(C(C)C)cncc23)cc1.Cc1ccc(-c2cccc3c2oc2c(C(C)C)nccc23)cc1.Cc1ccc(-c2cccc3c2oc2ncc(C(C)C)cc23)cc1.Cc1ccc(-c2ccnc3c2oc2c(C(C)C)cccc23)cc1. The first-order valence-corrected chi connectivity index (χ1v) is 40.1. The molecule has 0 saturated carbocycles. The Hall–Kier alpha value is -13.1. The van der Waals surface area contributed by atoms with E-state index in [0.717, 1.165) is 149 Å². The topological polar surface area (TPSA) is 130 Å². The van der Waals surface area contributed by atoms with E-state index in [9.17, 15) is 0 Å². The quantitative estimate of drug-likeness (QED) is 0.130. The van der Waals surface area contributed by atoms with Gasteiger partial charge in [0.15, 0.2) is 16.7 Å². The summed E-state index contributed by atoms with van der Waals surface area (Å²) in [6.45, 7) is 32.3. The van der Waals surface area contributed by atoms with Crippen molar-refractivity contribution in [1.82, 2.24) is 24.9 Å². The van der Waals surface area contributed by atoms with E-state index in [0.29, 0.717) is 35.3 Å². The largest absolute Gasteiger partial charge is 0.455 e. The summed E-state index contributed by atoms with van der Waals surface area (Å²) in [5, 5.41) is 8.94. The lowest BCUT2D eigenvalue weighted by molar-refractivity contribution is 0.651. The lowest BCUT2D eigenvalue weighted by atomic mass is 10.0. The summed E-state index contributed by atoms with van der Waals surface area (Å²) >= 11 is 0. The van der Waals surface area contributed by atoms with Gasteiger partial charge in [0.2, 0.25) is 5.71 Å². The molecule has 115 heavy (non-hydrogen) atoms. The third-order valence-corrected chi connectivity index (χ3v) is 22.0. The minimum Gasteiger partial charge on any atom is -0.455 e. The fourth-order valence-electron chi connectivity index (χ4n) is 15.4. The van der Waals surface area contributed by atoms with Crippen LogP contribution in [0.2, 0.25) is 0 Å². The van der Waals surface area contributed by atoms with E-state index in [-0.39, 0.29) is 0 Å². The van der Waals surface area contributed by atoms with Gasteiger partial charge in [0.05, 0.1) is 5.69 Å². The van der Waals surface area contributed by atoms with Crippen LogP contribution >= 0.6 is 0 Å². The van der Waals surface area contributed by atoms with Crippen LogP contribution in [-0.4, -0.2) is 24.9 Å². The van der Waals surface area contributed by atoms with Crippen LogP contribution in [0.5, 0.6) is 0 Å². The van der Waals surface area contributed by atoms with Gasteiger partial charge in [-0.05, 0) is 140 Å². The monoisotopic (exact) mass is 1510 g/mol. The summed E-state index contributed by atoms with van der Waals surface area (Å²) in [6.07, 6.45) is 11.4. The molecule has 10 heteroatoms. The lowest BCUT2D eigenvalue weighted by Crippen LogP contribution is -1.91. The fraction of sp³-hybridized carbons (Fsp3) is 0.190. The zero-order valence-electron chi connectivity index (χ0n) is 68.1. The average Bonchev–Trinajstić information content (AvgIpc) is 1.62. The van der Waals surface area contributed by atoms with Gasteiger partial charge in [-0.15, -0.1) is 0 Å². The number of fused-ring (bicyclic) bond motifs is 15. The number of benzene rings is 10. The molecule has 0 atom stereocenters. The molecule has 20 aromatic rings. The van der Waals surface area contributed by atoms with E-state index in [1.54, 1.807) is 0 Å². The van der Waals surface area contributed by atoms with Crippen molar-refractivity contribution < 1.29 is 22.1 Å². The number of hydrogen-bond acceptors (Lipinski definition) is 10. The summed E-state index contributed by atoms with van der Waals surface area (Å²) in [6, 6.07) is 82.8. The van der Waals surface area contributed by atoms with Crippen molar-refractivity contribution in [1.29, 1.82) is 0 Å². The second-order valence-corrected chi connectivity index (χ2v) is 32.0. The molecule has 0 aliphatic rings. The van der Waals surface area contributed by atoms with Crippen molar-refractivity contribution in [2.45, 2.75) is 133 Å². The van der Waals surface area contributed by atoms with Crippen molar-refractivity contribution in [3.05, 3.63) is 330 Å². The molecule has 0 unspecified atom stereocenters. The number of rotatable bonds is 10.